The van der Waals surface area contributed by atoms with Gasteiger partial charge in [-0.2, -0.15) is 0 Å². The highest BCUT2D eigenvalue weighted by Crippen LogP contribution is 2.46. The lowest BCUT2D eigenvalue weighted by Crippen LogP contribution is -2.63. The summed E-state index contributed by atoms with van der Waals surface area (Å²) in [6.07, 6.45) is 5.39. The van der Waals surface area contributed by atoms with E-state index in [-0.39, 0.29) is 0 Å². The number of rotatable bonds is 11. The fourth-order valence-corrected chi connectivity index (χ4v) is 3.60. The van der Waals surface area contributed by atoms with E-state index in [1.54, 1.807) is 0 Å². The Labute approximate surface area is 132 Å². The molecule has 1 aliphatic rings. The molecular weight excluding hydrogens is 260 g/mol. The molecule has 1 fully saturated rings. The van der Waals surface area contributed by atoms with Crippen molar-refractivity contribution in [3.8, 4) is 0 Å². The Hall–Kier alpha value is -0.120. The zero-order valence-electron chi connectivity index (χ0n) is 15.2. The molecule has 0 bridgehead atoms. The summed E-state index contributed by atoms with van der Waals surface area (Å²) in [7, 11) is 0. The highest BCUT2D eigenvalue weighted by Gasteiger charge is 2.51. The van der Waals surface area contributed by atoms with Gasteiger partial charge in [0.2, 0.25) is 0 Å². The van der Waals surface area contributed by atoms with Gasteiger partial charge in [-0.15, -0.1) is 0 Å². The summed E-state index contributed by atoms with van der Waals surface area (Å²) in [5.41, 5.74) is 0.323. The molecule has 0 aromatic heterocycles. The van der Waals surface area contributed by atoms with E-state index < -0.39 is 0 Å². The minimum atomic E-state index is 0.323. The molecule has 0 saturated heterocycles. The highest BCUT2D eigenvalue weighted by molar-refractivity contribution is 5.05. The molecule has 0 radical (unpaired) electrons. The van der Waals surface area contributed by atoms with E-state index in [2.05, 4.69) is 51.8 Å². The number of ether oxygens (including phenoxy) is 1. The maximum absolute atomic E-state index is 5.89. The molecular formula is C18H38N2O. The number of hydrogen-bond acceptors (Lipinski definition) is 3. The number of hydrogen-bond donors (Lipinski definition) is 1. The molecule has 4 unspecified atom stereocenters. The van der Waals surface area contributed by atoms with Crippen LogP contribution in [-0.4, -0.2) is 49.3 Å². The Bertz CT molecular complexity index is 280. The molecule has 0 spiro atoms. The maximum Gasteiger partial charge on any atom is 0.0658 e. The predicted molar refractivity (Wildman–Crippen MR) is 91.8 cm³/mol. The summed E-state index contributed by atoms with van der Waals surface area (Å²) in [6, 6.07) is 1.24. The summed E-state index contributed by atoms with van der Waals surface area (Å²) in [6.45, 7) is 18.0. The van der Waals surface area contributed by atoms with Gasteiger partial charge in [-0.25, -0.2) is 0 Å². The summed E-state index contributed by atoms with van der Waals surface area (Å²) < 4.78 is 5.89. The summed E-state index contributed by atoms with van der Waals surface area (Å²) in [4.78, 5) is 2.51. The molecule has 1 N–H and O–H groups in total. The van der Waals surface area contributed by atoms with Crippen LogP contribution in [0.15, 0.2) is 0 Å². The van der Waals surface area contributed by atoms with Gasteiger partial charge >= 0.3 is 0 Å². The van der Waals surface area contributed by atoms with Gasteiger partial charge in [0, 0.05) is 24.1 Å². The van der Waals surface area contributed by atoms with Gasteiger partial charge in [0.15, 0.2) is 0 Å². The first-order chi connectivity index (χ1) is 10.0. The van der Waals surface area contributed by atoms with Gasteiger partial charge in [0.25, 0.3) is 0 Å². The Morgan fingerprint density at radius 2 is 1.90 bits per heavy atom. The molecule has 126 valence electrons. The van der Waals surface area contributed by atoms with Gasteiger partial charge in [-0.3, -0.25) is 0 Å². The summed E-state index contributed by atoms with van der Waals surface area (Å²) in [5.74, 6) is 0. The second-order valence-electron chi connectivity index (χ2n) is 6.83. The van der Waals surface area contributed by atoms with Crippen LogP contribution in [0.4, 0.5) is 0 Å². The number of nitrogens with one attached hydrogen (secondary N) is 1. The molecule has 1 aliphatic carbocycles. The van der Waals surface area contributed by atoms with Gasteiger partial charge in [-0.1, -0.05) is 27.7 Å². The number of nitrogens with zero attached hydrogens (tertiary/aromatic N) is 1. The van der Waals surface area contributed by atoms with Gasteiger partial charge in [0.1, 0.15) is 0 Å². The molecule has 0 aliphatic heterocycles. The van der Waals surface area contributed by atoms with Crippen molar-refractivity contribution in [2.24, 2.45) is 5.41 Å². The van der Waals surface area contributed by atoms with Crippen molar-refractivity contribution in [1.82, 2.24) is 10.2 Å². The average molecular weight is 299 g/mol. The van der Waals surface area contributed by atoms with Crippen LogP contribution in [0.2, 0.25) is 0 Å². The monoisotopic (exact) mass is 298 g/mol. The van der Waals surface area contributed by atoms with E-state index in [9.17, 15) is 0 Å². The first-order valence-electron chi connectivity index (χ1n) is 9.11. The third-order valence-corrected chi connectivity index (χ3v) is 5.60. The van der Waals surface area contributed by atoms with E-state index in [1.165, 1.54) is 45.3 Å². The van der Waals surface area contributed by atoms with Crippen LogP contribution in [-0.2, 0) is 4.74 Å². The molecule has 4 atom stereocenters. The van der Waals surface area contributed by atoms with Crippen molar-refractivity contribution < 1.29 is 4.74 Å². The fraction of sp³-hybridized carbons (Fsp3) is 1.00. The lowest BCUT2D eigenvalue weighted by Gasteiger charge is -2.54. The van der Waals surface area contributed by atoms with Crippen LogP contribution in [0.5, 0.6) is 0 Å². The van der Waals surface area contributed by atoms with Crippen LogP contribution in [0, 0.1) is 5.41 Å². The molecule has 0 aromatic carbocycles. The Morgan fingerprint density at radius 3 is 2.43 bits per heavy atom. The van der Waals surface area contributed by atoms with E-state index in [0.29, 0.717) is 23.6 Å². The zero-order valence-corrected chi connectivity index (χ0v) is 15.2. The molecule has 0 aromatic rings. The van der Waals surface area contributed by atoms with Crippen molar-refractivity contribution in [1.29, 1.82) is 0 Å². The van der Waals surface area contributed by atoms with Crippen LogP contribution in [0.1, 0.15) is 67.2 Å². The van der Waals surface area contributed by atoms with E-state index in [1.807, 2.05) is 0 Å². The minimum Gasteiger partial charge on any atom is -0.378 e. The lowest BCUT2D eigenvalue weighted by atomic mass is 9.61. The third kappa shape index (κ3) is 4.94. The molecule has 21 heavy (non-hydrogen) atoms. The Balaban J connectivity index is 2.30. The van der Waals surface area contributed by atoms with E-state index >= 15 is 0 Å². The molecule has 3 heteroatoms. The summed E-state index contributed by atoms with van der Waals surface area (Å²) in [5, 5.41) is 3.86. The molecule has 0 amide bonds. The molecule has 0 heterocycles. The maximum atomic E-state index is 5.89. The first-order valence-corrected chi connectivity index (χ1v) is 9.11. The molecule has 1 rings (SSSR count). The molecule has 1 saturated carbocycles. The Morgan fingerprint density at radius 1 is 1.24 bits per heavy atom. The normalized spacial score (nSPS) is 30.4. The quantitative estimate of drug-likeness (QED) is 0.630. The van der Waals surface area contributed by atoms with Crippen LogP contribution < -0.4 is 5.32 Å². The van der Waals surface area contributed by atoms with Crippen LogP contribution in [0.25, 0.3) is 0 Å². The van der Waals surface area contributed by atoms with Crippen molar-refractivity contribution in [2.75, 3.05) is 26.2 Å². The standard InChI is InChI=1S/C18H38N2O/c1-7-18(6)16(14-17(18)21-10-4)19-15(5)12-11-13-20(8-2)9-3/h15-17,19H,7-14H2,1-6H3. The minimum absolute atomic E-state index is 0.323. The fourth-order valence-electron chi connectivity index (χ4n) is 3.60. The predicted octanol–water partition coefficient (Wildman–Crippen LogP) is 3.68. The van der Waals surface area contributed by atoms with Crippen molar-refractivity contribution in [3.05, 3.63) is 0 Å². The second kappa shape index (κ2) is 9.12. The Kier molecular flexibility index (Phi) is 8.22. The molecule has 3 nitrogen and oxygen atoms in total. The average Bonchev–Trinajstić information content (AvgIpc) is 2.49. The topological polar surface area (TPSA) is 24.5 Å². The van der Waals surface area contributed by atoms with Crippen molar-refractivity contribution in [2.45, 2.75) is 85.4 Å². The van der Waals surface area contributed by atoms with Gasteiger partial charge in [-0.05, 0) is 59.2 Å². The smallest absolute Gasteiger partial charge is 0.0658 e. The van der Waals surface area contributed by atoms with Crippen molar-refractivity contribution in [3.63, 3.8) is 0 Å². The van der Waals surface area contributed by atoms with Crippen molar-refractivity contribution >= 4 is 0 Å². The van der Waals surface area contributed by atoms with Gasteiger partial charge < -0.3 is 15.0 Å². The van der Waals surface area contributed by atoms with Crippen LogP contribution >= 0.6 is 0 Å². The largest absolute Gasteiger partial charge is 0.378 e. The van der Waals surface area contributed by atoms with Crippen LogP contribution in [0.3, 0.4) is 0 Å². The lowest BCUT2D eigenvalue weighted by molar-refractivity contribution is -0.127. The third-order valence-electron chi connectivity index (χ3n) is 5.60. The highest BCUT2D eigenvalue weighted by atomic mass is 16.5. The SMILES string of the molecule is CCOC1CC(NC(C)CCCN(CC)CC)C1(C)CC. The second-order valence-corrected chi connectivity index (χ2v) is 6.83. The van der Waals surface area contributed by atoms with Gasteiger partial charge in [0.05, 0.1) is 6.10 Å². The summed E-state index contributed by atoms with van der Waals surface area (Å²) >= 11 is 0. The first kappa shape index (κ1) is 18.9. The van der Waals surface area contributed by atoms with E-state index in [0.717, 1.165) is 6.61 Å². The van der Waals surface area contributed by atoms with E-state index in [4.69, 9.17) is 4.74 Å². The zero-order chi connectivity index (χ0) is 15.9.